The molecule has 0 radical (unpaired) electrons. The van der Waals surface area contributed by atoms with Gasteiger partial charge in [-0.25, -0.2) is 0 Å². The Hall–Kier alpha value is -3.68. The van der Waals surface area contributed by atoms with Crippen LogP contribution in [0.25, 0.3) is 0 Å². The van der Waals surface area contributed by atoms with E-state index in [1.807, 2.05) is 24.3 Å². The Bertz CT molecular complexity index is 2310. The first-order valence-corrected chi connectivity index (χ1v) is 23.6. The van der Waals surface area contributed by atoms with Crippen LogP contribution in [0.15, 0.2) is 133 Å². The second-order valence-corrected chi connectivity index (χ2v) is 19.5. The number of hydrogen-bond donors (Lipinski definition) is 0. The molecule has 4 aliphatic heterocycles. The lowest BCUT2D eigenvalue weighted by atomic mass is 9.83. The molecule has 320 valence electrons. The third-order valence-electron chi connectivity index (χ3n) is 13.5. The number of nitrogens with zero attached hydrogens (tertiary/aromatic N) is 2. The monoisotopic (exact) mass is 902 g/mol. The second-order valence-electron chi connectivity index (χ2n) is 17.7. The summed E-state index contributed by atoms with van der Waals surface area (Å²) in [6.45, 7) is 10.7. The quantitative estimate of drug-likeness (QED) is 0.152. The number of aryl methyl sites for hydroxylation is 2. The number of fused-ring (bicyclic) bond motifs is 4. The van der Waals surface area contributed by atoms with E-state index in [9.17, 15) is 0 Å². The molecule has 0 saturated carbocycles. The predicted octanol–water partition coefficient (Wildman–Crippen LogP) is 13.9. The molecule has 6 aromatic rings. The van der Waals surface area contributed by atoms with Crippen LogP contribution < -0.4 is 0 Å². The Morgan fingerprint density at radius 1 is 0.468 bits per heavy atom. The number of hydrogen-bond acceptors (Lipinski definition) is 4. The van der Waals surface area contributed by atoms with Crippen LogP contribution in [-0.4, -0.2) is 49.1 Å². The lowest BCUT2D eigenvalue weighted by Crippen LogP contribution is -2.43. The molecule has 0 aromatic heterocycles. The summed E-state index contributed by atoms with van der Waals surface area (Å²) < 4.78 is 13.7. The summed E-state index contributed by atoms with van der Waals surface area (Å²) in [5.74, 6) is 0. The fourth-order valence-electron chi connectivity index (χ4n) is 10.3. The molecule has 2 unspecified atom stereocenters. The molecule has 4 heterocycles. The van der Waals surface area contributed by atoms with Gasteiger partial charge in [-0.1, -0.05) is 155 Å². The number of rotatable bonds is 8. The van der Waals surface area contributed by atoms with Gasteiger partial charge in [-0.3, -0.25) is 0 Å². The third-order valence-corrected chi connectivity index (χ3v) is 14.3. The zero-order valence-corrected chi connectivity index (χ0v) is 38.6. The van der Waals surface area contributed by atoms with Crippen LogP contribution in [0.4, 0.5) is 0 Å². The van der Waals surface area contributed by atoms with Crippen molar-refractivity contribution in [2.75, 3.05) is 39.3 Å². The minimum Gasteiger partial charge on any atom is -0.358 e. The largest absolute Gasteiger partial charge is 0.358 e. The molecule has 10 rings (SSSR count). The summed E-state index contributed by atoms with van der Waals surface area (Å²) in [5, 5.41) is 2.59. The maximum Gasteiger partial charge on any atom is 0.109 e. The minimum atomic E-state index is -0.226. The first-order chi connectivity index (χ1) is 30.0. The Morgan fingerprint density at radius 2 is 0.839 bits per heavy atom. The average molecular weight is 905 g/mol. The van der Waals surface area contributed by atoms with Crippen LogP contribution in [0.1, 0.15) is 93.5 Å². The number of ether oxygens (including phenoxy) is 2. The highest BCUT2D eigenvalue weighted by molar-refractivity contribution is 6.35. The zero-order valence-electron chi connectivity index (χ0n) is 35.6. The average Bonchev–Trinajstić information content (AvgIpc) is 3.76. The Balaban J connectivity index is 0.000000158. The molecule has 0 amide bonds. The lowest BCUT2D eigenvalue weighted by Gasteiger charge is -2.40. The molecule has 2 spiro atoms. The maximum atomic E-state index is 6.84. The standard InChI is InChI=1S/2C27H27Cl2NO/c2*1-19-5-4-6-20(15-19)9-12-30-13-10-27(11-14-30)25-8-3-2-7-24(25)26(31-27)21-16-22(28)18-23(29)17-21/h2*2-8,15-18,26H,9-14H2,1H3. The maximum absolute atomic E-state index is 6.84. The topological polar surface area (TPSA) is 24.9 Å². The molecule has 0 aliphatic carbocycles. The van der Waals surface area contributed by atoms with Crippen LogP contribution in [-0.2, 0) is 33.5 Å². The van der Waals surface area contributed by atoms with E-state index in [2.05, 4.69) is 121 Å². The van der Waals surface area contributed by atoms with Gasteiger partial charge in [-0.2, -0.15) is 0 Å². The summed E-state index contributed by atoms with van der Waals surface area (Å²) in [6, 6.07) is 46.4. The molecule has 62 heavy (non-hydrogen) atoms. The van der Waals surface area contributed by atoms with Gasteiger partial charge >= 0.3 is 0 Å². The Kier molecular flexibility index (Phi) is 13.2. The first-order valence-electron chi connectivity index (χ1n) is 22.1. The van der Waals surface area contributed by atoms with Crippen molar-refractivity contribution >= 4 is 46.4 Å². The van der Waals surface area contributed by atoms with Crippen LogP contribution in [0.5, 0.6) is 0 Å². The van der Waals surface area contributed by atoms with Crippen molar-refractivity contribution in [3.05, 3.63) is 209 Å². The summed E-state index contributed by atoms with van der Waals surface area (Å²) in [6.07, 6.45) is 5.96. The van der Waals surface area contributed by atoms with Gasteiger partial charge in [0, 0.05) is 59.4 Å². The second kappa shape index (κ2) is 18.8. The molecule has 0 bridgehead atoms. The third kappa shape index (κ3) is 9.55. The first kappa shape index (κ1) is 43.6. The molecule has 2 fully saturated rings. The van der Waals surface area contributed by atoms with Crippen LogP contribution in [0.2, 0.25) is 20.1 Å². The number of likely N-dealkylation sites (tertiary alicyclic amines) is 2. The van der Waals surface area contributed by atoms with Gasteiger partial charge in [0.05, 0.1) is 11.2 Å². The van der Waals surface area contributed by atoms with Crippen molar-refractivity contribution in [3.8, 4) is 0 Å². The van der Waals surface area contributed by atoms with Crippen molar-refractivity contribution < 1.29 is 9.47 Å². The summed E-state index contributed by atoms with van der Waals surface area (Å²) >= 11 is 25.2. The van der Waals surface area contributed by atoms with Gasteiger partial charge in [-0.15, -0.1) is 0 Å². The van der Waals surface area contributed by atoms with Crippen molar-refractivity contribution in [1.82, 2.24) is 9.80 Å². The molecule has 2 saturated heterocycles. The lowest BCUT2D eigenvalue weighted by molar-refractivity contribution is -0.0968. The van der Waals surface area contributed by atoms with E-state index in [0.717, 1.165) is 88.9 Å². The Morgan fingerprint density at radius 3 is 1.21 bits per heavy atom. The highest BCUT2D eigenvalue weighted by atomic mass is 35.5. The summed E-state index contributed by atoms with van der Waals surface area (Å²) in [5.41, 5.74) is 12.3. The predicted molar refractivity (Wildman–Crippen MR) is 256 cm³/mol. The van der Waals surface area contributed by atoms with E-state index in [-0.39, 0.29) is 23.4 Å². The van der Waals surface area contributed by atoms with Crippen molar-refractivity contribution in [1.29, 1.82) is 0 Å². The smallest absolute Gasteiger partial charge is 0.109 e. The molecule has 6 aromatic carbocycles. The van der Waals surface area contributed by atoms with Gasteiger partial charge in [-0.05, 0) is 133 Å². The summed E-state index contributed by atoms with van der Waals surface area (Å²) in [4.78, 5) is 5.15. The highest BCUT2D eigenvalue weighted by Gasteiger charge is 2.48. The molecule has 8 heteroatoms. The van der Waals surface area contributed by atoms with Crippen molar-refractivity contribution in [2.24, 2.45) is 0 Å². The van der Waals surface area contributed by atoms with E-state index in [4.69, 9.17) is 55.9 Å². The van der Waals surface area contributed by atoms with Gasteiger partial charge in [0.1, 0.15) is 12.2 Å². The van der Waals surface area contributed by atoms with E-state index in [1.165, 1.54) is 44.5 Å². The molecule has 4 nitrogen and oxygen atoms in total. The van der Waals surface area contributed by atoms with Crippen LogP contribution in [0.3, 0.4) is 0 Å². The van der Waals surface area contributed by atoms with Crippen LogP contribution >= 0.6 is 46.4 Å². The van der Waals surface area contributed by atoms with Gasteiger partial charge in [0.25, 0.3) is 0 Å². The van der Waals surface area contributed by atoms with Crippen LogP contribution in [0, 0.1) is 13.8 Å². The molecular weight excluding hydrogens is 850 g/mol. The Labute approximate surface area is 387 Å². The van der Waals surface area contributed by atoms with E-state index < -0.39 is 0 Å². The normalized spacial score (nSPS) is 20.2. The highest BCUT2D eigenvalue weighted by Crippen LogP contribution is 2.53. The van der Waals surface area contributed by atoms with E-state index in [1.54, 1.807) is 12.1 Å². The number of piperidine rings is 2. The molecular formula is C54H54Cl4N2O2. The zero-order chi connectivity index (χ0) is 42.8. The molecule has 0 N–H and O–H groups in total. The fraction of sp³-hybridized carbons (Fsp3) is 0.333. The summed E-state index contributed by atoms with van der Waals surface area (Å²) in [7, 11) is 0. The van der Waals surface area contributed by atoms with E-state index >= 15 is 0 Å². The van der Waals surface area contributed by atoms with Crippen molar-refractivity contribution in [3.63, 3.8) is 0 Å². The van der Waals surface area contributed by atoms with Gasteiger partial charge < -0.3 is 19.3 Å². The SMILES string of the molecule is Cc1cccc(CCN2CCC3(CC2)OC(c2cc(Cl)cc(Cl)c2)c2ccccc23)c1.Cc1cccc(CCN2CCC3(CC2)OC(c2cc(Cl)cc(Cl)c2)c2ccccc23)c1. The van der Waals surface area contributed by atoms with Gasteiger partial charge in [0.15, 0.2) is 0 Å². The number of benzene rings is 6. The van der Waals surface area contributed by atoms with Crippen molar-refractivity contribution in [2.45, 2.75) is 75.8 Å². The van der Waals surface area contributed by atoms with Gasteiger partial charge in [0.2, 0.25) is 0 Å². The minimum absolute atomic E-state index is 0.119. The molecule has 4 aliphatic rings. The number of halogens is 4. The van der Waals surface area contributed by atoms with E-state index in [0.29, 0.717) is 20.1 Å². The fourth-order valence-corrected chi connectivity index (χ4v) is 11.4. The molecule has 2 atom stereocenters.